The molecule has 1 rings (SSSR count). The van der Waals surface area contributed by atoms with Crippen molar-refractivity contribution in [2.45, 2.75) is 19.9 Å². The molecule has 5 nitrogen and oxygen atoms in total. The Bertz CT molecular complexity index is 293. The van der Waals surface area contributed by atoms with Gasteiger partial charge in [-0.1, -0.05) is 0 Å². The SMILES string of the molecule is CCOc1cc(NCC(C)NC)ncn1. The first-order valence-electron chi connectivity index (χ1n) is 5.12. The van der Waals surface area contributed by atoms with Gasteiger partial charge in [-0.2, -0.15) is 0 Å². The van der Waals surface area contributed by atoms with Crippen molar-refractivity contribution in [3.8, 4) is 5.88 Å². The van der Waals surface area contributed by atoms with Crippen molar-refractivity contribution in [1.82, 2.24) is 15.3 Å². The third-order valence-corrected chi connectivity index (χ3v) is 2.02. The first-order valence-corrected chi connectivity index (χ1v) is 5.12. The van der Waals surface area contributed by atoms with E-state index in [1.165, 1.54) is 6.33 Å². The summed E-state index contributed by atoms with van der Waals surface area (Å²) in [5.74, 6) is 1.39. The van der Waals surface area contributed by atoms with Gasteiger partial charge < -0.3 is 15.4 Å². The highest BCUT2D eigenvalue weighted by Crippen LogP contribution is 2.10. The monoisotopic (exact) mass is 210 g/mol. The molecule has 1 heterocycles. The minimum Gasteiger partial charge on any atom is -0.478 e. The molecule has 15 heavy (non-hydrogen) atoms. The summed E-state index contributed by atoms with van der Waals surface area (Å²) in [6, 6.07) is 2.20. The Kier molecular flexibility index (Phi) is 4.83. The zero-order valence-corrected chi connectivity index (χ0v) is 9.45. The van der Waals surface area contributed by atoms with Crippen molar-refractivity contribution in [3.05, 3.63) is 12.4 Å². The maximum atomic E-state index is 5.27. The third-order valence-electron chi connectivity index (χ3n) is 2.02. The highest BCUT2D eigenvalue weighted by Gasteiger charge is 2.01. The van der Waals surface area contributed by atoms with Crippen LogP contribution in [0, 0.1) is 0 Å². The van der Waals surface area contributed by atoms with Gasteiger partial charge in [-0.25, -0.2) is 9.97 Å². The normalized spacial score (nSPS) is 12.2. The number of ether oxygens (including phenoxy) is 1. The molecule has 2 N–H and O–H groups in total. The van der Waals surface area contributed by atoms with Gasteiger partial charge in [0.05, 0.1) is 6.61 Å². The second-order valence-electron chi connectivity index (χ2n) is 3.25. The van der Waals surface area contributed by atoms with Crippen LogP contribution < -0.4 is 15.4 Å². The van der Waals surface area contributed by atoms with E-state index in [0.717, 1.165) is 12.4 Å². The van der Waals surface area contributed by atoms with Crippen molar-refractivity contribution >= 4 is 5.82 Å². The number of hydrogen-bond acceptors (Lipinski definition) is 5. The molecule has 0 saturated heterocycles. The van der Waals surface area contributed by atoms with E-state index in [2.05, 4.69) is 27.5 Å². The molecule has 0 fully saturated rings. The number of likely N-dealkylation sites (N-methyl/N-ethyl adjacent to an activating group) is 1. The topological polar surface area (TPSA) is 59.1 Å². The number of aromatic nitrogens is 2. The molecule has 1 atom stereocenters. The molecule has 0 bridgehead atoms. The van der Waals surface area contributed by atoms with Crippen molar-refractivity contribution < 1.29 is 4.74 Å². The zero-order chi connectivity index (χ0) is 11.1. The van der Waals surface area contributed by atoms with E-state index < -0.39 is 0 Å². The summed E-state index contributed by atoms with van der Waals surface area (Å²) < 4.78 is 5.27. The van der Waals surface area contributed by atoms with E-state index in [0.29, 0.717) is 18.5 Å². The molecule has 5 heteroatoms. The van der Waals surface area contributed by atoms with Crippen molar-refractivity contribution in [1.29, 1.82) is 0 Å². The van der Waals surface area contributed by atoms with Crippen LogP contribution in [-0.4, -0.2) is 36.2 Å². The number of nitrogens with zero attached hydrogens (tertiary/aromatic N) is 2. The predicted molar refractivity (Wildman–Crippen MR) is 60.2 cm³/mol. The molecule has 0 amide bonds. The summed E-state index contributed by atoms with van der Waals surface area (Å²) in [5.41, 5.74) is 0. The van der Waals surface area contributed by atoms with Gasteiger partial charge in [0, 0.05) is 18.7 Å². The fourth-order valence-corrected chi connectivity index (χ4v) is 1.02. The Hall–Kier alpha value is -1.36. The third kappa shape index (κ3) is 4.12. The van der Waals surface area contributed by atoms with E-state index >= 15 is 0 Å². The van der Waals surface area contributed by atoms with E-state index in [1.54, 1.807) is 6.07 Å². The minimum atomic E-state index is 0.399. The van der Waals surface area contributed by atoms with Crippen LogP contribution in [0.4, 0.5) is 5.82 Å². The molecule has 1 aromatic heterocycles. The molecule has 84 valence electrons. The van der Waals surface area contributed by atoms with Crippen LogP contribution in [0.3, 0.4) is 0 Å². The summed E-state index contributed by atoms with van der Waals surface area (Å²) >= 11 is 0. The van der Waals surface area contributed by atoms with E-state index in [1.807, 2.05) is 14.0 Å². The second kappa shape index (κ2) is 6.19. The van der Waals surface area contributed by atoms with Crippen LogP contribution >= 0.6 is 0 Å². The first-order chi connectivity index (χ1) is 7.26. The lowest BCUT2D eigenvalue weighted by atomic mass is 10.3. The number of nitrogens with one attached hydrogen (secondary N) is 2. The van der Waals surface area contributed by atoms with Crippen LogP contribution in [0.15, 0.2) is 12.4 Å². The average Bonchev–Trinajstić information content (AvgIpc) is 2.27. The molecular weight excluding hydrogens is 192 g/mol. The fraction of sp³-hybridized carbons (Fsp3) is 0.600. The van der Waals surface area contributed by atoms with E-state index in [9.17, 15) is 0 Å². The highest BCUT2D eigenvalue weighted by molar-refractivity contribution is 5.37. The van der Waals surface area contributed by atoms with Crippen molar-refractivity contribution in [2.24, 2.45) is 0 Å². The fourth-order valence-electron chi connectivity index (χ4n) is 1.02. The van der Waals surface area contributed by atoms with Gasteiger partial charge in [-0.05, 0) is 20.9 Å². The standard InChI is InChI=1S/C10H18N4O/c1-4-15-10-5-9(13-7-14-10)12-6-8(2)11-3/h5,7-8,11H,4,6H2,1-3H3,(H,12,13,14). The van der Waals surface area contributed by atoms with Gasteiger partial charge in [0.25, 0.3) is 0 Å². The molecule has 0 aliphatic carbocycles. The van der Waals surface area contributed by atoms with Gasteiger partial charge >= 0.3 is 0 Å². The Morgan fingerprint density at radius 3 is 2.93 bits per heavy atom. The van der Waals surface area contributed by atoms with E-state index in [-0.39, 0.29) is 0 Å². The second-order valence-corrected chi connectivity index (χ2v) is 3.25. The quantitative estimate of drug-likeness (QED) is 0.730. The number of anilines is 1. The van der Waals surface area contributed by atoms with Gasteiger partial charge in [-0.15, -0.1) is 0 Å². The van der Waals surface area contributed by atoms with Gasteiger partial charge in [0.2, 0.25) is 5.88 Å². The summed E-state index contributed by atoms with van der Waals surface area (Å²) in [6.07, 6.45) is 1.50. The van der Waals surface area contributed by atoms with Crippen LogP contribution in [0.1, 0.15) is 13.8 Å². The molecular formula is C10H18N4O. The van der Waals surface area contributed by atoms with Gasteiger partial charge in [0.1, 0.15) is 12.1 Å². The summed E-state index contributed by atoms with van der Waals surface area (Å²) in [5, 5.41) is 6.34. The molecule has 0 aliphatic heterocycles. The zero-order valence-electron chi connectivity index (χ0n) is 9.45. The number of hydrogen-bond donors (Lipinski definition) is 2. The van der Waals surface area contributed by atoms with Gasteiger partial charge in [-0.3, -0.25) is 0 Å². The lowest BCUT2D eigenvalue weighted by Crippen LogP contribution is -2.29. The Balaban J connectivity index is 2.50. The Morgan fingerprint density at radius 2 is 2.27 bits per heavy atom. The van der Waals surface area contributed by atoms with E-state index in [4.69, 9.17) is 4.74 Å². The Labute approximate surface area is 90.3 Å². The summed E-state index contributed by atoms with van der Waals surface area (Å²) in [7, 11) is 1.93. The van der Waals surface area contributed by atoms with Gasteiger partial charge in [0.15, 0.2) is 0 Å². The molecule has 0 spiro atoms. The maximum absolute atomic E-state index is 5.27. The molecule has 1 unspecified atom stereocenters. The molecule has 1 aromatic rings. The number of rotatable bonds is 6. The van der Waals surface area contributed by atoms with Crippen LogP contribution in [-0.2, 0) is 0 Å². The molecule has 0 saturated carbocycles. The van der Waals surface area contributed by atoms with Crippen LogP contribution in [0.25, 0.3) is 0 Å². The predicted octanol–water partition coefficient (Wildman–Crippen LogP) is 0.895. The van der Waals surface area contributed by atoms with Crippen molar-refractivity contribution in [3.63, 3.8) is 0 Å². The highest BCUT2D eigenvalue weighted by atomic mass is 16.5. The largest absolute Gasteiger partial charge is 0.478 e. The summed E-state index contributed by atoms with van der Waals surface area (Å²) in [4.78, 5) is 8.09. The Morgan fingerprint density at radius 1 is 1.47 bits per heavy atom. The van der Waals surface area contributed by atoms with Crippen molar-refractivity contribution in [2.75, 3.05) is 25.5 Å². The van der Waals surface area contributed by atoms with Crippen LogP contribution in [0.5, 0.6) is 5.88 Å². The first kappa shape index (κ1) is 11.7. The van der Waals surface area contributed by atoms with Crippen LogP contribution in [0.2, 0.25) is 0 Å². The summed E-state index contributed by atoms with van der Waals surface area (Å²) in [6.45, 7) is 5.46. The molecule has 0 aromatic carbocycles. The molecule has 0 radical (unpaired) electrons. The maximum Gasteiger partial charge on any atom is 0.218 e. The molecule has 0 aliphatic rings. The lowest BCUT2D eigenvalue weighted by molar-refractivity contribution is 0.326. The lowest BCUT2D eigenvalue weighted by Gasteiger charge is -2.12. The smallest absolute Gasteiger partial charge is 0.218 e. The average molecular weight is 210 g/mol. The minimum absolute atomic E-state index is 0.399.